The molecule has 1 aromatic carbocycles. The highest BCUT2D eigenvalue weighted by molar-refractivity contribution is 5.71. The first-order chi connectivity index (χ1) is 6.93. The van der Waals surface area contributed by atoms with Crippen LogP contribution < -0.4 is 0 Å². The fourth-order valence-corrected chi connectivity index (χ4v) is 1.28. The Morgan fingerprint density at radius 1 is 1.60 bits per heavy atom. The molecule has 0 saturated carbocycles. The van der Waals surface area contributed by atoms with Crippen LogP contribution in [0.25, 0.3) is 0 Å². The Kier molecular flexibility index (Phi) is 2.99. The number of carboxylic acid groups (broad SMARTS) is 1. The topological polar surface area (TPSA) is 80.4 Å². The lowest BCUT2D eigenvalue weighted by Gasteiger charge is -2.04. The first-order valence-corrected chi connectivity index (χ1v) is 4.07. The third-order valence-corrected chi connectivity index (χ3v) is 2.04. The van der Waals surface area contributed by atoms with E-state index >= 15 is 0 Å². The number of nitrogens with zero attached hydrogens (tertiary/aromatic N) is 1. The molecule has 1 N–H and O–H groups in total. The van der Waals surface area contributed by atoms with Gasteiger partial charge in [0, 0.05) is 17.2 Å². The smallest absolute Gasteiger partial charge is 0.307 e. The summed E-state index contributed by atoms with van der Waals surface area (Å²) in [6.07, 6.45) is -0.556. The number of hydrogen-bond acceptors (Lipinski definition) is 3. The second-order valence-corrected chi connectivity index (χ2v) is 3.00. The number of rotatable bonds is 3. The van der Waals surface area contributed by atoms with Gasteiger partial charge in [0.1, 0.15) is 5.82 Å². The van der Waals surface area contributed by atoms with E-state index in [0.717, 1.165) is 12.1 Å². The Labute approximate surface area is 84.3 Å². The highest BCUT2D eigenvalue weighted by atomic mass is 19.1. The third kappa shape index (κ3) is 2.28. The molecule has 0 unspecified atom stereocenters. The minimum atomic E-state index is -1.22. The summed E-state index contributed by atoms with van der Waals surface area (Å²) in [5, 5.41) is 19.0. The van der Waals surface area contributed by atoms with Crippen LogP contribution in [-0.2, 0) is 11.2 Å². The van der Waals surface area contributed by atoms with Gasteiger partial charge in [0.2, 0.25) is 0 Å². The van der Waals surface area contributed by atoms with Gasteiger partial charge in [-0.15, -0.1) is 0 Å². The number of carbonyl (C=O) groups is 1. The van der Waals surface area contributed by atoms with Crippen LogP contribution in [0.3, 0.4) is 0 Å². The summed E-state index contributed by atoms with van der Waals surface area (Å²) in [7, 11) is 0. The standard InChI is InChI=1S/C9H8FNO4/c1-5-6(4-9(12)13)7(10)2-3-8(5)11(14)15/h2-3H,4H2,1H3,(H,12,13). The normalized spacial score (nSPS) is 10.0. The van der Waals surface area contributed by atoms with Crippen LogP contribution >= 0.6 is 0 Å². The Bertz CT molecular complexity index is 430. The highest BCUT2D eigenvalue weighted by Gasteiger charge is 2.18. The lowest BCUT2D eigenvalue weighted by molar-refractivity contribution is -0.385. The first kappa shape index (κ1) is 11.1. The van der Waals surface area contributed by atoms with Gasteiger partial charge in [-0.2, -0.15) is 0 Å². The van der Waals surface area contributed by atoms with E-state index in [9.17, 15) is 19.3 Å². The molecule has 0 spiro atoms. The van der Waals surface area contributed by atoms with Crippen molar-refractivity contribution in [3.8, 4) is 0 Å². The Balaban J connectivity index is 3.29. The van der Waals surface area contributed by atoms with E-state index in [1.54, 1.807) is 0 Å². The molecule has 1 aromatic rings. The molecule has 6 heteroatoms. The van der Waals surface area contributed by atoms with Crippen molar-refractivity contribution < 1.29 is 19.2 Å². The molecule has 0 fully saturated rings. The molecule has 0 aliphatic heterocycles. The van der Waals surface area contributed by atoms with E-state index in [1.165, 1.54) is 6.92 Å². The molecular formula is C9H8FNO4. The minimum absolute atomic E-state index is 0.0578. The lowest BCUT2D eigenvalue weighted by atomic mass is 10.0. The SMILES string of the molecule is Cc1c([N+](=O)[O-])ccc(F)c1CC(=O)O. The highest BCUT2D eigenvalue weighted by Crippen LogP contribution is 2.24. The largest absolute Gasteiger partial charge is 0.481 e. The van der Waals surface area contributed by atoms with Gasteiger partial charge < -0.3 is 5.11 Å². The maximum Gasteiger partial charge on any atom is 0.307 e. The van der Waals surface area contributed by atoms with Crippen molar-refractivity contribution in [2.45, 2.75) is 13.3 Å². The zero-order valence-electron chi connectivity index (χ0n) is 7.86. The lowest BCUT2D eigenvalue weighted by Crippen LogP contribution is -2.06. The molecule has 15 heavy (non-hydrogen) atoms. The van der Waals surface area contributed by atoms with Crippen molar-refractivity contribution in [2.24, 2.45) is 0 Å². The Morgan fingerprint density at radius 3 is 2.67 bits per heavy atom. The number of benzene rings is 1. The van der Waals surface area contributed by atoms with E-state index in [4.69, 9.17) is 5.11 Å². The third-order valence-electron chi connectivity index (χ3n) is 2.04. The Hall–Kier alpha value is -1.98. The van der Waals surface area contributed by atoms with E-state index in [1.807, 2.05) is 0 Å². The summed E-state index contributed by atoms with van der Waals surface area (Å²) in [5.74, 6) is -1.96. The monoisotopic (exact) mass is 213 g/mol. The molecule has 0 radical (unpaired) electrons. The summed E-state index contributed by atoms with van der Waals surface area (Å²) in [6.45, 7) is 1.33. The van der Waals surface area contributed by atoms with Gasteiger partial charge in [-0.05, 0) is 13.0 Å². The van der Waals surface area contributed by atoms with Crippen LogP contribution in [0.4, 0.5) is 10.1 Å². The van der Waals surface area contributed by atoms with Crippen molar-refractivity contribution in [1.29, 1.82) is 0 Å². The van der Waals surface area contributed by atoms with Gasteiger partial charge in [0.15, 0.2) is 0 Å². The minimum Gasteiger partial charge on any atom is -0.481 e. The van der Waals surface area contributed by atoms with Gasteiger partial charge in [-0.1, -0.05) is 0 Å². The molecule has 0 bridgehead atoms. The van der Waals surface area contributed by atoms with Crippen LogP contribution in [0.15, 0.2) is 12.1 Å². The molecule has 0 amide bonds. The van der Waals surface area contributed by atoms with Gasteiger partial charge >= 0.3 is 5.97 Å². The maximum absolute atomic E-state index is 13.2. The number of carboxylic acids is 1. The summed E-state index contributed by atoms with van der Waals surface area (Å²) >= 11 is 0. The number of nitro groups is 1. The van der Waals surface area contributed by atoms with Gasteiger partial charge in [0.05, 0.1) is 11.3 Å². The van der Waals surface area contributed by atoms with Crippen molar-refractivity contribution in [3.63, 3.8) is 0 Å². The van der Waals surface area contributed by atoms with Crippen molar-refractivity contribution in [2.75, 3.05) is 0 Å². The number of hydrogen-bond donors (Lipinski definition) is 1. The average Bonchev–Trinajstić information content (AvgIpc) is 2.11. The molecule has 0 aliphatic carbocycles. The van der Waals surface area contributed by atoms with Crippen LogP contribution in [0, 0.1) is 22.9 Å². The number of aliphatic carboxylic acids is 1. The second kappa shape index (κ2) is 4.04. The fraction of sp³-hybridized carbons (Fsp3) is 0.222. The molecule has 0 aromatic heterocycles. The summed E-state index contributed by atoms with van der Waals surface area (Å²) in [6, 6.07) is 1.93. The summed E-state index contributed by atoms with van der Waals surface area (Å²) in [4.78, 5) is 20.3. The second-order valence-electron chi connectivity index (χ2n) is 3.00. The quantitative estimate of drug-likeness (QED) is 0.611. The van der Waals surface area contributed by atoms with Gasteiger partial charge in [0.25, 0.3) is 5.69 Å². The van der Waals surface area contributed by atoms with E-state index in [2.05, 4.69) is 0 Å². The zero-order valence-corrected chi connectivity index (χ0v) is 7.86. The first-order valence-electron chi connectivity index (χ1n) is 4.07. The Morgan fingerprint density at radius 2 is 2.20 bits per heavy atom. The molecule has 5 nitrogen and oxygen atoms in total. The average molecular weight is 213 g/mol. The molecule has 1 rings (SSSR count). The van der Waals surface area contributed by atoms with Gasteiger partial charge in [-0.25, -0.2) is 4.39 Å². The van der Waals surface area contributed by atoms with Crippen LogP contribution in [0.1, 0.15) is 11.1 Å². The molecule has 0 aliphatic rings. The molecule has 80 valence electrons. The summed E-state index contributed by atoms with van der Waals surface area (Å²) in [5.41, 5.74) is -0.355. The molecule has 0 atom stereocenters. The van der Waals surface area contributed by atoms with Gasteiger partial charge in [-0.3, -0.25) is 14.9 Å². The predicted molar refractivity (Wildman–Crippen MR) is 49.1 cm³/mol. The van der Waals surface area contributed by atoms with E-state index in [0.29, 0.717) is 0 Å². The van der Waals surface area contributed by atoms with Crippen LogP contribution in [0.2, 0.25) is 0 Å². The van der Waals surface area contributed by atoms with Crippen LogP contribution in [-0.4, -0.2) is 16.0 Å². The zero-order chi connectivity index (χ0) is 11.6. The van der Waals surface area contributed by atoms with Crippen LogP contribution in [0.5, 0.6) is 0 Å². The van der Waals surface area contributed by atoms with E-state index in [-0.39, 0.29) is 16.8 Å². The van der Waals surface area contributed by atoms with Crippen molar-refractivity contribution in [1.82, 2.24) is 0 Å². The molecular weight excluding hydrogens is 205 g/mol. The number of halogens is 1. The molecule has 0 heterocycles. The van der Waals surface area contributed by atoms with Crippen molar-refractivity contribution >= 4 is 11.7 Å². The number of nitro benzene ring substituents is 1. The fourth-order valence-electron chi connectivity index (χ4n) is 1.28. The predicted octanol–water partition coefficient (Wildman–Crippen LogP) is 1.67. The van der Waals surface area contributed by atoms with Crippen molar-refractivity contribution in [3.05, 3.63) is 39.2 Å². The van der Waals surface area contributed by atoms with E-state index < -0.39 is 23.1 Å². The maximum atomic E-state index is 13.2. The molecule has 0 saturated heterocycles. The summed E-state index contributed by atoms with van der Waals surface area (Å²) < 4.78 is 13.2.